The van der Waals surface area contributed by atoms with E-state index in [2.05, 4.69) is 4.74 Å². The number of alkyl halides is 3. The minimum Gasteiger partial charge on any atom is -0.406 e. The summed E-state index contributed by atoms with van der Waals surface area (Å²) in [6.45, 7) is 0.464. The number of nitrogens with two attached hydrogens (primary N) is 1. The van der Waals surface area contributed by atoms with Crippen molar-refractivity contribution in [1.29, 1.82) is 0 Å². The molecule has 2 unspecified atom stereocenters. The van der Waals surface area contributed by atoms with Crippen molar-refractivity contribution in [3.8, 4) is 5.75 Å². The van der Waals surface area contributed by atoms with Crippen LogP contribution < -0.4 is 10.5 Å². The molecule has 1 heterocycles. The van der Waals surface area contributed by atoms with Gasteiger partial charge in [0.1, 0.15) is 5.75 Å². The normalized spacial score (nSPS) is 24.2. The zero-order valence-corrected chi connectivity index (χ0v) is 10.3. The summed E-state index contributed by atoms with van der Waals surface area (Å²) in [4.78, 5) is 0. The fraction of sp³-hybridized carbons (Fsp3) is 0.538. The first-order valence-electron chi connectivity index (χ1n) is 6.19. The van der Waals surface area contributed by atoms with Gasteiger partial charge in [-0.05, 0) is 37.0 Å². The van der Waals surface area contributed by atoms with E-state index in [0.717, 1.165) is 24.8 Å². The highest BCUT2D eigenvalue weighted by Gasteiger charge is 2.31. The molecule has 0 amide bonds. The van der Waals surface area contributed by atoms with Crippen molar-refractivity contribution < 1.29 is 22.6 Å². The predicted octanol–water partition coefficient (Wildman–Crippen LogP) is 3.15. The number of hydrogen-bond donors (Lipinski definition) is 1. The fourth-order valence-corrected chi connectivity index (χ4v) is 2.20. The van der Waals surface area contributed by atoms with Crippen LogP contribution in [-0.4, -0.2) is 19.0 Å². The van der Waals surface area contributed by atoms with Gasteiger partial charge in [0.05, 0.1) is 12.2 Å². The lowest BCUT2D eigenvalue weighted by molar-refractivity contribution is -0.274. The molecular formula is C13H16F3NO2. The van der Waals surface area contributed by atoms with Gasteiger partial charge in [0.2, 0.25) is 0 Å². The Balaban J connectivity index is 2.01. The van der Waals surface area contributed by atoms with Crippen molar-refractivity contribution >= 4 is 0 Å². The topological polar surface area (TPSA) is 44.5 Å². The summed E-state index contributed by atoms with van der Waals surface area (Å²) < 4.78 is 45.7. The van der Waals surface area contributed by atoms with Crippen LogP contribution >= 0.6 is 0 Å². The van der Waals surface area contributed by atoms with E-state index in [9.17, 15) is 13.2 Å². The van der Waals surface area contributed by atoms with Gasteiger partial charge in [0.25, 0.3) is 0 Å². The summed E-state index contributed by atoms with van der Waals surface area (Å²) in [5, 5.41) is 0. The van der Waals surface area contributed by atoms with Crippen LogP contribution in [0.25, 0.3) is 0 Å². The molecule has 1 fully saturated rings. The first kappa shape index (κ1) is 14.1. The van der Waals surface area contributed by atoms with Crippen molar-refractivity contribution in [1.82, 2.24) is 0 Å². The van der Waals surface area contributed by atoms with Crippen molar-refractivity contribution in [2.45, 2.75) is 37.8 Å². The van der Waals surface area contributed by atoms with Crippen molar-refractivity contribution in [2.24, 2.45) is 5.73 Å². The molecule has 0 aromatic heterocycles. The van der Waals surface area contributed by atoms with E-state index < -0.39 is 6.36 Å². The third-order valence-corrected chi connectivity index (χ3v) is 3.10. The molecule has 0 bridgehead atoms. The van der Waals surface area contributed by atoms with E-state index in [1.165, 1.54) is 12.1 Å². The maximum atomic E-state index is 12.0. The molecule has 6 heteroatoms. The molecule has 2 N–H and O–H groups in total. The molecule has 1 saturated heterocycles. The molecule has 2 rings (SSSR count). The quantitative estimate of drug-likeness (QED) is 0.921. The Bertz CT molecular complexity index is 405. The lowest BCUT2D eigenvalue weighted by atomic mass is 9.98. The van der Waals surface area contributed by atoms with E-state index in [4.69, 9.17) is 10.5 Å². The Kier molecular flexibility index (Phi) is 4.31. The molecule has 0 saturated carbocycles. The predicted molar refractivity (Wildman–Crippen MR) is 63.6 cm³/mol. The summed E-state index contributed by atoms with van der Waals surface area (Å²) in [5.74, 6) is -0.220. The minimum absolute atomic E-state index is 0.0323. The monoisotopic (exact) mass is 275 g/mol. The van der Waals surface area contributed by atoms with Gasteiger partial charge in [-0.15, -0.1) is 13.2 Å². The van der Waals surface area contributed by atoms with E-state index in [1.54, 1.807) is 12.1 Å². The summed E-state index contributed by atoms with van der Waals surface area (Å²) in [6, 6.07) is 5.81. The number of hydrogen-bond acceptors (Lipinski definition) is 3. The number of ether oxygens (including phenoxy) is 2. The van der Waals surface area contributed by atoms with Crippen LogP contribution in [0.2, 0.25) is 0 Å². The van der Waals surface area contributed by atoms with E-state index in [-0.39, 0.29) is 18.0 Å². The highest BCUT2D eigenvalue weighted by Crippen LogP contribution is 2.32. The summed E-state index contributed by atoms with van der Waals surface area (Å²) in [5.41, 5.74) is 6.42. The van der Waals surface area contributed by atoms with E-state index in [0.29, 0.717) is 6.54 Å². The summed E-state index contributed by atoms with van der Waals surface area (Å²) in [7, 11) is 0. The number of benzene rings is 1. The van der Waals surface area contributed by atoms with Gasteiger partial charge in [-0.25, -0.2) is 0 Å². The third-order valence-electron chi connectivity index (χ3n) is 3.10. The minimum atomic E-state index is -4.66. The molecule has 1 aromatic carbocycles. The lowest BCUT2D eigenvalue weighted by Gasteiger charge is -2.29. The Labute approximate surface area is 109 Å². The van der Waals surface area contributed by atoms with E-state index in [1.807, 2.05) is 0 Å². The zero-order chi connectivity index (χ0) is 13.9. The van der Waals surface area contributed by atoms with Gasteiger partial charge >= 0.3 is 6.36 Å². The van der Waals surface area contributed by atoms with Crippen molar-refractivity contribution in [3.63, 3.8) is 0 Å². The Morgan fingerprint density at radius 3 is 2.47 bits per heavy atom. The largest absolute Gasteiger partial charge is 0.573 e. The third kappa shape index (κ3) is 4.11. The highest BCUT2D eigenvalue weighted by molar-refractivity contribution is 5.29. The van der Waals surface area contributed by atoms with Gasteiger partial charge in [0.15, 0.2) is 0 Å². The Morgan fingerprint density at radius 1 is 1.21 bits per heavy atom. The van der Waals surface area contributed by atoms with Crippen LogP contribution in [-0.2, 0) is 4.74 Å². The smallest absolute Gasteiger partial charge is 0.406 e. The second-order valence-electron chi connectivity index (χ2n) is 4.53. The molecule has 2 atom stereocenters. The molecule has 0 radical (unpaired) electrons. The van der Waals surface area contributed by atoms with Crippen molar-refractivity contribution in [2.75, 3.05) is 6.54 Å². The summed E-state index contributed by atoms with van der Waals surface area (Å²) >= 11 is 0. The average Bonchev–Trinajstić information content (AvgIpc) is 2.38. The average molecular weight is 275 g/mol. The molecule has 1 aliphatic rings. The van der Waals surface area contributed by atoms with Crippen LogP contribution in [0, 0.1) is 0 Å². The first-order valence-corrected chi connectivity index (χ1v) is 6.19. The molecule has 19 heavy (non-hydrogen) atoms. The van der Waals surface area contributed by atoms with Crippen LogP contribution in [0.1, 0.15) is 30.9 Å². The standard InChI is InChI=1S/C13H16F3NO2/c14-13(15,16)19-10-6-4-9(5-7-10)12-3-1-2-11(8-17)18-12/h4-7,11-12H,1-3,8,17H2. The second kappa shape index (κ2) is 5.79. The first-order chi connectivity index (χ1) is 8.98. The SMILES string of the molecule is NCC1CCCC(c2ccc(OC(F)(F)F)cc2)O1. The molecule has 1 aliphatic heterocycles. The molecule has 1 aromatic rings. The Hall–Kier alpha value is -1.27. The molecule has 0 spiro atoms. The van der Waals surface area contributed by atoms with Gasteiger partial charge in [-0.1, -0.05) is 12.1 Å². The van der Waals surface area contributed by atoms with Crippen LogP contribution in [0.3, 0.4) is 0 Å². The van der Waals surface area contributed by atoms with Crippen LogP contribution in [0.15, 0.2) is 24.3 Å². The fourth-order valence-electron chi connectivity index (χ4n) is 2.20. The maximum Gasteiger partial charge on any atom is 0.573 e. The molecule has 3 nitrogen and oxygen atoms in total. The molecule has 0 aliphatic carbocycles. The van der Waals surface area contributed by atoms with Crippen LogP contribution in [0.4, 0.5) is 13.2 Å². The van der Waals surface area contributed by atoms with Crippen molar-refractivity contribution in [3.05, 3.63) is 29.8 Å². The molecule has 106 valence electrons. The number of halogens is 3. The second-order valence-corrected chi connectivity index (χ2v) is 4.53. The lowest BCUT2D eigenvalue weighted by Crippen LogP contribution is -2.29. The Morgan fingerprint density at radius 2 is 1.89 bits per heavy atom. The van der Waals surface area contributed by atoms with Gasteiger partial charge in [-0.2, -0.15) is 0 Å². The zero-order valence-electron chi connectivity index (χ0n) is 10.3. The van der Waals surface area contributed by atoms with Gasteiger partial charge in [0, 0.05) is 6.54 Å². The maximum absolute atomic E-state index is 12.0. The number of rotatable bonds is 3. The van der Waals surface area contributed by atoms with Gasteiger partial charge in [-0.3, -0.25) is 0 Å². The summed E-state index contributed by atoms with van der Waals surface area (Å²) in [6.07, 6.45) is -1.92. The highest BCUT2D eigenvalue weighted by atomic mass is 19.4. The van der Waals surface area contributed by atoms with Gasteiger partial charge < -0.3 is 15.2 Å². The van der Waals surface area contributed by atoms with E-state index >= 15 is 0 Å². The van der Waals surface area contributed by atoms with Crippen LogP contribution in [0.5, 0.6) is 5.75 Å². The molecular weight excluding hydrogens is 259 g/mol.